The summed E-state index contributed by atoms with van der Waals surface area (Å²) in [7, 11) is -3.00. The van der Waals surface area contributed by atoms with Gasteiger partial charge in [0, 0.05) is 39.1 Å². The highest BCUT2D eigenvalue weighted by Gasteiger charge is 2.40. The molecule has 1 aliphatic rings. The molecule has 128 valence electrons. The molecule has 1 atom stereocenters. The van der Waals surface area contributed by atoms with Crippen molar-refractivity contribution in [1.29, 1.82) is 0 Å². The minimum absolute atomic E-state index is 0.0504. The molecule has 0 N–H and O–H groups in total. The molecule has 2 heterocycles. The number of rotatable bonds is 5. The highest BCUT2D eigenvalue weighted by molar-refractivity contribution is 7.89. The van der Waals surface area contributed by atoms with Crippen LogP contribution in [0.15, 0.2) is 18.5 Å². The topological polar surface area (TPSA) is 70.6 Å². The third-order valence-electron chi connectivity index (χ3n) is 4.01. The number of amides is 1. The largest absolute Gasteiger partial charge is 0.350 e. The summed E-state index contributed by atoms with van der Waals surface area (Å²) in [5.74, 6) is -4.28. The zero-order valence-electron chi connectivity index (χ0n) is 12.9. The monoisotopic (exact) mass is 347 g/mol. The van der Waals surface area contributed by atoms with Gasteiger partial charge in [-0.05, 0) is 30.5 Å². The Hall–Kier alpha value is -1.61. The SMILES string of the molecule is Cc1cnccc1CN(C)C(=O)C1CCN(S(=O)(=O)C(F)F)C1. The van der Waals surface area contributed by atoms with E-state index in [1.54, 1.807) is 25.5 Å². The molecule has 1 aliphatic heterocycles. The van der Waals surface area contributed by atoms with Crippen molar-refractivity contribution >= 4 is 15.9 Å². The first kappa shape index (κ1) is 17.7. The van der Waals surface area contributed by atoms with Gasteiger partial charge in [0.1, 0.15) is 0 Å². The predicted octanol–water partition coefficient (Wildman–Crippen LogP) is 1.22. The maximum Gasteiger partial charge on any atom is 0.350 e. The van der Waals surface area contributed by atoms with Crippen molar-refractivity contribution in [1.82, 2.24) is 14.2 Å². The van der Waals surface area contributed by atoms with Gasteiger partial charge in [0.2, 0.25) is 5.91 Å². The Morgan fingerprint density at radius 1 is 1.52 bits per heavy atom. The number of carbonyl (C=O) groups is 1. The Kier molecular flexibility index (Phi) is 5.30. The molecule has 1 amide bonds. The van der Waals surface area contributed by atoms with Crippen LogP contribution in [0.4, 0.5) is 8.78 Å². The first-order valence-corrected chi connectivity index (χ1v) is 8.65. The van der Waals surface area contributed by atoms with E-state index in [4.69, 9.17) is 0 Å². The van der Waals surface area contributed by atoms with Gasteiger partial charge in [0.15, 0.2) is 0 Å². The van der Waals surface area contributed by atoms with Crippen LogP contribution < -0.4 is 0 Å². The number of carbonyl (C=O) groups excluding carboxylic acids is 1. The van der Waals surface area contributed by atoms with Crippen molar-refractivity contribution < 1.29 is 22.0 Å². The van der Waals surface area contributed by atoms with Gasteiger partial charge >= 0.3 is 5.76 Å². The molecule has 0 saturated carbocycles. The van der Waals surface area contributed by atoms with Gasteiger partial charge in [-0.1, -0.05) is 0 Å². The number of hydrogen-bond acceptors (Lipinski definition) is 4. The number of hydrogen-bond donors (Lipinski definition) is 0. The number of aryl methyl sites for hydroxylation is 1. The molecule has 1 aromatic rings. The van der Waals surface area contributed by atoms with E-state index in [-0.39, 0.29) is 25.4 Å². The first-order valence-electron chi connectivity index (χ1n) is 7.15. The minimum atomic E-state index is -4.61. The molecule has 1 fully saturated rings. The molecule has 0 spiro atoms. The summed E-state index contributed by atoms with van der Waals surface area (Å²) < 4.78 is 48.7. The average Bonchev–Trinajstić information content (AvgIpc) is 2.99. The Balaban J connectivity index is 2.00. The lowest BCUT2D eigenvalue weighted by Gasteiger charge is -2.22. The summed E-state index contributed by atoms with van der Waals surface area (Å²) in [6, 6.07) is 1.81. The summed E-state index contributed by atoms with van der Waals surface area (Å²) in [6.45, 7) is 2.01. The molecule has 0 aromatic carbocycles. The van der Waals surface area contributed by atoms with Crippen LogP contribution in [0.1, 0.15) is 17.5 Å². The maximum atomic E-state index is 12.6. The smallest absolute Gasteiger partial charge is 0.341 e. The van der Waals surface area contributed by atoms with Crippen molar-refractivity contribution in [2.45, 2.75) is 25.6 Å². The predicted molar refractivity (Wildman–Crippen MR) is 80.1 cm³/mol. The average molecular weight is 347 g/mol. The molecule has 1 saturated heterocycles. The van der Waals surface area contributed by atoms with Gasteiger partial charge in [0.05, 0.1) is 5.92 Å². The highest BCUT2D eigenvalue weighted by atomic mass is 32.2. The lowest BCUT2D eigenvalue weighted by Crippen LogP contribution is -2.37. The van der Waals surface area contributed by atoms with Crippen LogP contribution in [-0.2, 0) is 21.4 Å². The van der Waals surface area contributed by atoms with Crippen LogP contribution in [-0.4, -0.2) is 54.4 Å². The van der Waals surface area contributed by atoms with Gasteiger partial charge in [0.25, 0.3) is 10.0 Å². The van der Waals surface area contributed by atoms with Crippen LogP contribution in [0.2, 0.25) is 0 Å². The number of sulfonamides is 1. The third kappa shape index (κ3) is 3.84. The normalized spacial score (nSPS) is 19.3. The lowest BCUT2D eigenvalue weighted by molar-refractivity contribution is -0.134. The highest BCUT2D eigenvalue weighted by Crippen LogP contribution is 2.24. The van der Waals surface area contributed by atoms with Gasteiger partial charge in [-0.2, -0.15) is 13.1 Å². The van der Waals surface area contributed by atoms with Gasteiger partial charge in [-0.25, -0.2) is 8.42 Å². The molecule has 2 rings (SSSR count). The summed E-state index contributed by atoms with van der Waals surface area (Å²) in [6.07, 6.45) is 3.58. The summed E-state index contributed by atoms with van der Waals surface area (Å²) in [4.78, 5) is 17.9. The molecular weight excluding hydrogens is 328 g/mol. The van der Waals surface area contributed by atoms with Crippen molar-refractivity contribution in [3.05, 3.63) is 29.6 Å². The van der Waals surface area contributed by atoms with Crippen molar-refractivity contribution in [3.63, 3.8) is 0 Å². The van der Waals surface area contributed by atoms with E-state index in [1.165, 1.54) is 4.90 Å². The molecule has 9 heteroatoms. The van der Waals surface area contributed by atoms with Gasteiger partial charge in [-0.3, -0.25) is 9.78 Å². The standard InChI is InChI=1S/C14H19F2N3O3S/c1-10-7-17-5-3-11(10)8-18(2)13(20)12-4-6-19(9-12)23(21,22)14(15)16/h3,5,7,12,14H,4,6,8-9H2,1-2H3. The second-order valence-electron chi connectivity index (χ2n) is 5.65. The molecular formula is C14H19F2N3O3S. The van der Waals surface area contributed by atoms with Gasteiger partial charge in [-0.15, -0.1) is 0 Å². The second kappa shape index (κ2) is 6.88. The van der Waals surface area contributed by atoms with E-state index in [1.807, 2.05) is 6.92 Å². The molecule has 0 radical (unpaired) electrons. The van der Waals surface area contributed by atoms with Crippen molar-refractivity contribution in [2.24, 2.45) is 5.92 Å². The van der Waals surface area contributed by atoms with Crippen molar-refractivity contribution in [3.8, 4) is 0 Å². The molecule has 1 unspecified atom stereocenters. The Bertz CT molecular complexity index is 682. The van der Waals surface area contributed by atoms with Gasteiger partial charge < -0.3 is 4.90 Å². The lowest BCUT2D eigenvalue weighted by atomic mass is 10.1. The van der Waals surface area contributed by atoms with Crippen molar-refractivity contribution in [2.75, 3.05) is 20.1 Å². The van der Waals surface area contributed by atoms with Crippen LogP contribution in [0.25, 0.3) is 0 Å². The quantitative estimate of drug-likeness (QED) is 0.803. The van der Waals surface area contributed by atoms with E-state index in [0.717, 1.165) is 11.1 Å². The Morgan fingerprint density at radius 2 is 2.22 bits per heavy atom. The molecule has 0 bridgehead atoms. The minimum Gasteiger partial charge on any atom is -0.341 e. The second-order valence-corrected chi connectivity index (χ2v) is 7.55. The van der Waals surface area contributed by atoms with E-state index in [0.29, 0.717) is 10.8 Å². The fourth-order valence-electron chi connectivity index (χ4n) is 2.60. The molecule has 6 nitrogen and oxygen atoms in total. The fourth-order valence-corrected chi connectivity index (χ4v) is 3.57. The zero-order chi connectivity index (χ0) is 17.2. The third-order valence-corrected chi connectivity index (χ3v) is 5.51. The van der Waals surface area contributed by atoms with E-state index >= 15 is 0 Å². The Labute approximate surface area is 134 Å². The molecule has 0 aliphatic carbocycles. The first-order chi connectivity index (χ1) is 10.7. The number of alkyl halides is 2. The summed E-state index contributed by atoms with van der Waals surface area (Å²) >= 11 is 0. The number of aromatic nitrogens is 1. The van der Waals surface area contributed by atoms with Crippen LogP contribution >= 0.6 is 0 Å². The van der Waals surface area contributed by atoms with E-state index in [2.05, 4.69) is 4.98 Å². The summed E-state index contributed by atoms with van der Waals surface area (Å²) in [5.41, 5.74) is 1.88. The van der Waals surface area contributed by atoms with Crippen LogP contribution in [0.3, 0.4) is 0 Å². The Morgan fingerprint density at radius 3 is 2.83 bits per heavy atom. The van der Waals surface area contributed by atoms with Crippen LogP contribution in [0, 0.1) is 12.8 Å². The molecule has 23 heavy (non-hydrogen) atoms. The summed E-state index contributed by atoms with van der Waals surface area (Å²) in [5, 5.41) is 0. The molecule has 1 aromatic heterocycles. The maximum absolute atomic E-state index is 12.6. The number of pyridine rings is 1. The zero-order valence-corrected chi connectivity index (χ0v) is 13.8. The van der Waals surface area contributed by atoms with E-state index in [9.17, 15) is 22.0 Å². The fraction of sp³-hybridized carbons (Fsp3) is 0.571. The number of halogens is 2. The van der Waals surface area contributed by atoms with E-state index < -0.39 is 21.7 Å². The number of nitrogens with zero attached hydrogens (tertiary/aromatic N) is 3. The van der Waals surface area contributed by atoms with Crippen LogP contribution in [0.5, 0.6) is 0 Å².